The maximum Gasteiger partial charge on any atom is 0.0689 e. The Morgan fingerprint density at radius 1 is 1.31 bits per heavy atom. The van der Waals surface area contributed by atoms with E-state index in [0.29, 0.717) is 0 Å². The van der Waals surface area contributed by atoms with Crippen LogP contribution in [0, 0.1) is 28.6 Å². The predicted octanol–water partition coefficient (Wildman–Crippen LogP) is 4.92. The highest BCUT2D eigenvalue weighted by Gasteiger charge is 2.35. The lowest BCUT2D eigenvalue weighted by molar-refractivity contribution is 0.169. The lowest BCUT2D eigenvalue weighted by atomic mass is 9.66. The smallest absolute Gasteiger partial charge is 0.0689 e. The van der Waals surface area contributed by atoms with E-state index in [4.69, 9.17) is 0 Å². The Hall–Kier alpha value is -0.510. The van der Waals surface area contributed by atoms with Crippen molar-refractivity contribution in [3.63, 3.8) is 0 Å². The monoisotopic (exact) mass is 221 g/mol. The van der Waals surface area contributed by atoms with Gasteiger partial charge in [0.25, 0.3) is 0 Å². The summed E-state index contributed by atoms with van der Waals surface area (Å²) < 4.78 is 0. The minimum absolute atomic E-state index is 0.0280. The molecule has 1 saturated carbocycles. The van der Waals surface area contributed by atoms with Crippen LogP contribution < -0.4 is 0 Å². The molecule has 1 fully saturated rings. The second-order valence-electron chi connectivity index (χ2n) is 5.84. The fourth-order valence-corrected chi connectivity index (χ4v) is 3.26. The molecule has 1 rings (SSSR count). The normalized spacial score (nSPS) is 32.0. The van der Waals surface area contributed by atoms with Crippen molar-refractivity contribution in [2.45, 2.75) is 72.1 Å². The standard InChI is InChI=1S/C15H27N/c1-4-6-13(3)11-15(12-16)9-7-14(5-2)8-10-15/h13-14H,4-11H2,1-3H3. The first-order chi connectivity index (χ1) is 7.65. The molecule has 0 aromatic rings. The number of hydrogen-bond donors (Lipinski definition) is 0. The van der Waals surface area contributed by atoms with Gasteiger partial charge in [0, 0.05) is 0 Å². The van der Waals surface area contributed by atoms with E-state index in [2.05, 4.69) is 26.8 Å². The third-order valence-corrected chi connectivity index (χ3v) is 4.40. The molecule has 92 valence electrons. The highest BCUT2D eigenvalue weighted by molar-refractivity contribution is 5.02. The average molecular weight is 221 g/mol. The molecular weight excluding hydrogens is 194 g/mol. The summed E-state index contributed by atoms with van der Waals surface area (Å²) in [7, 11) is 0. The molecule has 0 radical (unpaired) electrons. The van der Waals surface area contributed by atoms with Crippen molar-refractivity contribution in [3.05, 3.63) is 0 Å². The highest BCUT2D eigenvalue weighted by Crippen LogP contribution is 2.44. The van der Waals surface area contributed by atoms with Crippen LogP contribution in [0.1, 0.15) is 72.1 Å². The molecule has 0 N–H and O–H groups in total. The van der Waals surface area contributed by atoms with Crippen molar-refractivity contribution in [1.82, 2.24) is 0 Å². The van der Waals surface area contributed by atoms with Crippen molar-refractivity contribution >= 4 is 0 Å². The Morgan fingerprint density at radius 3 is 2.38 bits per heavy atom. The minimum atomic E-state index is 0.0280. The van der Waals surface area contributed by atoms with E-state index < -0.39 is 0 Å². The zero-order chi connectivity index (χ0) is 12.0. The molecule has 0 amide bonds. The van der Waals surface area contributed by atoms with Crippen LogP contribution in [-0.2, 0) is 0 Å². The molecule has 1 nitrogen and oxygen atoms in total. The summed E-state index contributed by atoms with van der Waals surface area (Å²) in [6.07, 6.45) is 9.82. The van der Waals surface area contributed by atoms with Gasteiger partial charge in [-0.05, 0) is 43.9 Å². The van der Waals surface area contributed by atoms with Crippen molar-refractivity contribution in [2.24, 2.45) is 17.3 Å². The van der Waals surface area contributed by atoms with Crippen molar-refractivity contribution < 1.29 is 0 Å². The van der Waals surface area contributed by atoms with Gasteiger partial charge in [-0.2, -0.15) is 5.26 Å². The summed E-state index contributed by atoms with van der Waals surface area (Å²) in [5.41, 5.74) is 0.0280. The summed E-state index contributed by atoms with van der Waals surface area (Å²) in [5, 5.41) is 9.47. The molecule has 1 atom stereocenters. The zero-order valence-corrected chi connectivity index (χ0v) is 11.3. The zero-order valence-electron chi connectivity index (χ0n) is 11.3. The quantitative estimate of drug-likeness (QED) is 0.646. The Bertz CT molecular complexity index is 230. The minimum Gasteiger partial charge on any atom is -0.198 e. The third kappa shape index (κ3) is 3.51. The van der Waals surface area contributed by atoms with Gasteiger partial charge in [-0.3, -0.25) is 0 Å². The van der Waals surface area contributed by atoms with Crippen LogP contribution >= 0.6 is 0 Å². The fraction of sp³-hybridized carbons (Fsp3) is 0.933. The van der Waals surface area contributed by atoms with E-state index in [-0.39, 0.29) is 5.41 Å². The van der Waals surface area contributed by atoms with E-state index in [0.717, 1.165) is 31.1 Å². The Morgan fingerprint density at radius 2 is 1.94 bits per heavy atom. The van der Waals surface area contributed by atoms with E-state index in [9.17, 15) is 5.26 Å². The first-order valence-corrected chi connectivity index (χ1v) is 7.07. The molecule has 1 heteroatoms. The van der Waals surface area contributed by atoms with Crippen LogP contribution in [0.15, 0.2) is 0 Å². The van der Waals surface area contributed by atoms with E-state index in [1.54, 1.807) is 0 Å². The highest BCUT2D eigenvalue weighted by atomic mass is 14.4. The molecule has 0 aliphatic heterocycles. The summed E-state index contributed by atoms with van der Waals surface area (Å²) in [6.45, 7) is 6.84. The molecule has 16 heavy (non-hydrogen) atoms. The van der Waals surface area contributed by atoms with Crippen molar-refractivity contribution in [3.8, 4) is 6.07 Å². The van der Waals surface area contributed by atoms with E-state index >= 15 is 0 Å². The molecule has 1 unspecified atom stereocenters. The van der Waals surface area contributed by atoms with Gasteiger partial charge < -0.3 is 0 Å². The van der Waals surface area contributed by atoms with Crippen LogP contribution in [0.5, 0.6) is 0 Å². The first kappa shape index (κ1) is 13.6. The van der Waals surface area contributed by atoms with Crippen LogP contribution in [0.2, 0.25) is 0 Å². The van der Waals surface area contributed by atoms with Gasteiger partial charge >= 0.3 is 0 Å². The SMILES string of the molecule is CCCC(C)CC1(C#N)CCC(CC)CC1. The van der Waals surface area contributed by atoms with Crippen LogP contribution in [0.4, 0.5) is 0 Å². The number of nitrogens with zero attached hydrogens (tertiary/aromatic N) is 1. The van der Waals surface area contributed by atoms with Crippen molar-refractivity contribution in [2.75, 3.05) is 0 Å². The van der Waals surface area contributed by atoms with E-state index in [1.807, 2.05) is 0 Å². The second kappa shape index (κ2) is 6.28. The largest absolute Gasteiger partial charge is 0.198 e. The number of nitriles is 1. The first-order valence-electron chi connectivity index (χ1n) is 7.07. The Balaban J connectivity index is 2.50. The van der Waals surface area contributed by atoms with Gasteiger partial charge in [0.2, 0.25) is 0 Å². The molecule has 0 bridgehead atoms. The molecule has 1 aliphatic carbocycles. The number of hydrogen-bond acceptors (Lipinski definition) is 1. The van der Waals surface area contributed by atoms with Crippen LogP contribution in [0.3, 0.4) is 0 Å². The van der Waals surface area contributed by atoms with Gasteiger partial charge in [0.15, 0.2) is 0 Å². The predicted molar refractivity (Wildman–Crippen MR) is 69.0 cm³/mol. The summed E-state index contributed by atoms with van der Waals surface area (Å²) in [6, 6.07) is 2.65. The maximum atomic E-state index is 9.47. The third-order valence-electron chi connectivity index (χ3n) is 4.40. The number of rotatable bonds is 5. The molecule has 0 aromatic carbocycles. The van der Waals surface area contributed by atoms with Crippen LogP contribution in [0.25, 0.3) is 0 Å². The van der Waals surface area contributed by atoms with Crippen molar-refractivity contribution in [1.29, 1.82) is 5.26 Å². The second-order valence-corrected chi connectivity index (χ2v) is 5.84. The van der Waals surface area contributed by atoms with Gasteiger partial charge in [-0.1, -0.05) is 40.0 Å². The summed E-state index contributed by atoms with van der Waals surface area (Å²) in [5.74, 6) is 1.62. The molecule has 0 saturated heterocycles. The van der Waals surface area contributed by atoms with Gasteiger partial charge in [0.1, 0.15) is 0 Å². The molecular formula is C15H27N. The Kier molecular flexibility index (Phi) is 5.32. The van der Waals surface area contributed by atoms with Gasteiger partial charge in [-0.15, -0.1) is 0 Å². The molecule has 1 aliphatic rings. The van der Waals surface area contributed by atoms with Crippen LogP contribution in [-0.4, -0.2) is 0 Å². The summed E-state index contributed by atoms with van der Waals surface area (Å²) in [4.78, 5) is 0. The topological polar surface area (TPSA) is 23.8 Å². The molecule has 0 heterocycles. The maximum absolute atomic E-state index is 9.47. The van der Waals surface area contributed by atoms with Gasteiger partial charge in [0.05, 0.1) is 11.5 Å². The molecule has 0 spiro atoms. The molecule has 0 aromatic heterocycles. The lowest BCUT2D eigenvalue weighted by Crippen LogP contribution is -2.28. The fourth-order valence-electron chi connectivity index (χ4n) is 3.26. The van der Waals surface area contributed by atoms with Gasteiger partial charge in [-0.25, -0.2) is 0 Å². The average Bonchev–Trinajstić information content (AvgIpc) is 2.30. The van der Waals surface area contributed by atoms with E-state index in [1.165, 1.54) is 32.1 Å². The lowest BCUT2D eigenvalue weighted by Gasteiger charge is -2.36. The Labute approximate surface area is 101 Å². The summed E-state index contributed by atoms with van der Waals surface area (Å²) >= 11 is 0.